The maximum Gasteiger partial charge on any atom is 0.254 e. The lowest BCUT2D eigenvalue weighted by Gasteiger charge is -2.21. The van der Waals surface area contributed by atoms with E-state index in [1.165, 1.54) is 0 Å². The third kappa shape index (κ3) is 3.20. The second kappa shape index (κ2) is 7.26. The molecule has 0 spiro atoms. The topological polar surface area (TPSA) is 45.2 Å². The summed E-state index contributed by atoms with van der Waals surface area (Å²) in [5.74, 6) is 0.489. The van der Waals surface area contributed by atoms with Gasteiger partial charge in [0, 0.05) is 37.3 Å². The van der Waals surface area contributed by atoms with Gasteiger partial charge in [-0.25, -0.2) is 0 Å². The zero-order valence-corrected chi connectivity index (χ0v) is 15.0. The molecular formula is C22H23N3O. The number of benzene rings is 2. The van der Waals surface area contributed by atoms with Crippen molar-refractivity contribution in [3.63, 3.8) is 0 Å². The van der Waals surface area contributed by atoms with Crippen molar-refractivity contribution in [1.82, 2.24) is 15.2 Å². The van der Waals surface area contributed by atoms with Crippen molar-refractivity contribution >= 4 is 16.8 Å². The molecule has 4 rings (SSSR count). The van der Waals surface area contributed by atoms with Gasteiger partial charge in [-0.05, 0) is 42.1 Å². The first-order valence-electron chi connectivity index (χ1n) is 9.12. The van der Waals surface area contributed by atoms with Crippen LogP contribution in [0.25, 0.3) is 10.9 Å². The average Bonchev–Trinajstić information content (AvgIpc) is 3.22. The molecule has 26 heavy (non-hydrogen) atoms. The molecule has 0 saturated carbocycles. The number of nitrogens with one attached hydrogen (secondary N) is 1. The van der Waals surface area contributed by atoms with E-state index in [0.717, 1.165) is 47.1 Å². The molecule has 1 fully saturated rings. The lowest BCUT2D eigenvalue weighted by atomic mass is 9.93. The third-order valence-corrected chi connectivity index (χ3v) is 5.16. The smallest absolute Gasteiger partial charge is 0.254 e. The number of aromatic nitrogens is 1. The van der Waals surface area contributed by atoms with Gasteiger partial charge >= 0.3 is 0 Å². The number of amides is 1. The fourth-order valence-corrected chi connectivity index (χ4v) is 3.80. The molecule has 3 aromatic rings. The second-order valence-corrected chi connectivity index (χ2v) is 6.93. The summed E-state index contributed by atoms with van der Waals surface area (Å²) in [6.45, 7) is 2.51. The number of hydrogen-bond acceptors (Lipinski definition) is 3. The summed E-state index contributed by atoms with van der Waals surface area (Å²) in [6.07, 6.45) is 2.89. The Morgan fingerprint density at radius 1 is 1.15 bits per heavy atom. The van der Waals surface area contributed by atoms with Gasteiger partial charge in [-0.1, -0.05) is 42.5 Å². The van der Waals surface area contributed by atoms with Crippen LogP contribution in [0.3, 0.4) is 0 Å². The number of fused-ring (bicyclic) bond motifs is 1. The number of hydrogen-bond donors (Lipinski definition) is 1. The van der Waals surface area contributed by atoms with Crippen LogP contribution in [0, 0.1) is 0 Å². The van der Waals surface area contributed by atoms with Gasteiger partial charge in [-0.3, -0.25) is 9.78 Å². The van der Waals surface area contributed by atoms with E-state index >= 15 is 0 Å². The summed E-state index contributed by atoms with van der Waals surface area (Å²) in [6, 6.07) is 18.1. The minimum atomic E-state index is 0.0698. The fraction of sp³-hybridized carbons (Fsp3) is 0.273. The van der Waals surface area contributed by atoms with Gasteiger partial charge in [0.15, 0.2) is 0 Å². The molecule has 132 valence electrons. The van der Waals surface area contributed by atoms with Crippen molar-refractivity contribution in [2.75, 3.05) is 20.1 Å². The summed E-state index contributed by atoms with van der Waals surface area (Å²) < 4.78 is 0. The predicted octanol–water partition coefficient (Wildman–Crippen LogP) is 3.58. The molecule has 1 N–H and O–H groups in total. The minimum Gasteiger partial charge on any atom is -0.337 e. The van der Waals surface area contributed by atoms with Crippen LogP contribution in [-0.4, -0.2) is 35.9 Å². The number of carbonyl (C=O) groups excluding carboxylic acids is 1. The Balaban J connectivity index is 1.61. The van der Waals surface area contributed by atoms with E-state index in [4.69, 9.17) is 0 Å². The van der Waals surface area contributed by atoms with Gasteiger partial charge in [-0.15, -0.1) is 0 Å². The van der Waals surface area contributed by atoms with Crippen LogP contribution >= 0.6 is 0 Å². The molecule has 0 bridgehead atoms. The van der Waals surface area contributed by atoms with E-state index in [1.54, 1.807) is 11.1 Å². The molecule has 4 nitrogen and oxygen atoms in total. The van der Waals surface area contributed by atoms with Crippen LogP contribution in [-0.2, 0) is 6.54 Å². The largest absolute Gasteiger partial charge is 0.337 e. The molecule has 0 aliphatic carbocycles. The van der Waals surface area contributed by atoms with Crippen LogP contribution in [0.4, 0.5) is 0 Å². The number of nitrogens with zero attached hydrogens (tertiary/aromatic N) is 2. The van der Waals surface area contributed by atoms with Crippen molar-refractivity contribution in [2.24, 2.45) is 0 Å². The zero-order valence-electron chi connectivity index (χ0n) is 15.0. The maximum atomic E-state index is 13.1. The van der Waals surface area contributed by atoms with E-state index in [1.807, 2.05) is 43.4 Å². The van der Waals surface area contributed by atoms with Crippen LogP contribution in [0.5, 0.6) is 0 Å². The van der Waals surface area contributed by atoms with Gasteiger partial charge in [0.25, 0.3) is 5.91 Å². The minimum absolute atomic E-state index is 0.0698. The van der Waals surface area contributed by atoms with Gasteiger partial charge < -0.3 is 10.2 Å². The molecule has 4 heteroatoms. The van der Waals surface area contributed by atoms with Gasteiger partial charge in [0.05, 0.1) is 5.52 Å². The first kappa shape index (κ1) is 16.7. The van der Waals surface area contributed by atoms with Crippen LogP contribution in [0.2, 0.25) is 0 Å². The molecule has 1 saturated heterocycles. The summed E-state index contributed by atoms with van der Waals surface area (Å²) in [4.78, 5) is 19.4. The lowest BCUT2D eigenvalue weighted by Crippen LogP contribution is -2.28. The molecule has 2 aromatic carbocycles. The summed E-state index contributed by atoms with van der Waals surface area (Å²) >= 11 is 0. The fourth-order valence-electron chi connectivity index (χ4n) is 3.80. The first-order valence-corrected chi connectivity index (χ1v) is 9.12. The van der Waals surface area contributed by atoms with Gasteiger partial charge in [0.1, 0.15) is 0 Å². The third-order valence-electron chi connectivity index (χ3n) is 5.16. The Morgan fingerprint density at radius 2 is 2.00 bits per heavy atom. The summed E-state index contributed by atoms with van der Waals surface area (Å²) in [5, 5.41) is 4.49. The molecule has 1 aromatic heterocycles. The summed E-state index contributed by atoms with van der Waals surface area (Å²) in [7, 11) is 1.87. The normalized spacial score (nSPS) is 16.7. The highest BCUT2D eigenvalue weighted by atomic mass is 16.2. The lowest BCUT2D eigenvalue weighted by molar-refractivity contribution is 0.0784. The molecule has 1 atom stereocenters. The van der Waals surface area contributed by atoms with Crippen molar-refractivity contribution in [3.05, 3.63) is 77.5 Å². The van der Waals surface area contributed by atoms with Crippen LogP contribution in [0.1, 0.15) is 33.8 Å². The number of carbonyl (C=O) groups is 1. The number of para-hydroxylation sites is 1. The van der Waals surface area contributed by atoms with Crippen LogP contribution < -0.4 is 5.32 Å². The van der Waals surface area contributed by atoms with Gasteiger partial charge in [0.2, 0.25) is 0 Å². The predicted molar refractivity (Wildman–Crippen MR) is 104 cm³/mol. The Hall–Kier alpha value is -2.72. The Kier molecular flexibility index (Phi) is 4.67. The molecule has 1 amide bonds. The molecule has 0 radical (unpaired) electrons. The van der Waals surface area contributed by atoms with Crippen LogP contribution in [0.15, 0.2) is 60.8 Å². The number of rotatable bonds is 4. The molecule has 0 unspecified atom stereocenters. The van der Waals surface area contributed by atoms with E-state index < -0.39 is 0 Å². The van der Waals surface area contributed by atoms with E-state index in [2.05, 4.69) is 28.5 Å². The molecule has 2 heterocycles. The van der Waals surface area contributed by atoms with Crippen molar-refractivity contribution in [2.45, 2.75) is 18.9 Å². The average molecular weight is 345 g/mol. The van der Waals surface area contributed by atoms with E-state index in [0.29, 0.717) is 12.5 Å². The Morgan fingerprint density at radius 3 is 2.85 bits per heavy atom. The highest BCUT2D eigenvalue weighted by Crippen LogP contribution is 2.27. The quantitative estimate of drug-likeness (QED) is 0.786. The Labute approximate surface area is 153 Å². The summed E-state index contributed by atoms with van der Waals surface area (Å²) in [5.41, 5.74) is 4.00. The van der Waals surface area contributed by atoms with E-state index in [9.17, 15) is 4.79 Å². The maximum absolute atomic E-state index is 13.1. The number of pyridine rings is 1. The second-order valence-electron chi connectivity index (χ2n) is 6.93. The molecule has 1 aliphatic rings. The van der Waals surface area contributed by atoms with Crippen molar-refractivity contribution < 1.29 is 4.79 Å². The zero-order chi connectivity index (χ0) is 17.9. The monoisotopic (exact) mass is 345 g/mol. The standard InChI is InChI=1S/C22H23N3O/c1-25(15-18-7-4-6-16-8-5-12-24-21(16)18)22(26)20-10-3-2-9-19(20)17-11-13-23-14-17/h2-10,12,17,23H,11,13-15H2,1H3/t17-/m0/s1. The first-order chi connectivity index (χ1) is 12.7. The molecular weight excluding hydrogens is 322 g/mol. The Bertz CT molecular complexity index is 926. The van der Waals surface area contributed by atoms with Crippen molar-refractivity contribution in [1.29, 1.82) is 0 Å². The van der Waals surface area contributed by atoms with E-state index in [-0.39, 0.29) is 5.91 Å². The van der Waals surface area contributed by atoms with Crippen molar-refractivity contribution in [3.8, 4) is 0 Å². The molecule has 1 aliphatic heterocycles. The van der Waals surface area contributed by atoms with Gasteiger partial charge in [-0.2, -0.15) is 0 Å². The highest BCUT2D eigenvalue weighted by Gasteiger charge is 2.23. The SMILES string of the molecule is CN(Cc1cccc2cccnc12)C(=O)c1ccccc1[C@H]1CCNC1. The highest BCUT2D eigenvalue weighted by molar-refractivity contribution is 5.96.